The second-order valence-corrected chi connectivity index (χ2v) is 11.7. The largest absolute Gasteiger partial charge is 0.370 e. The molecule has 3 amide bonds. The fraction of sp³-hybridized carbons (Fsp3) is 0.556. The smallest absolute Gasteiger partial charge is 0.243 e. The summed E-state index contributed by atoms with van der Waals surface area (Å²) in [7, 11) is 5.30. The van der Waals surface area contributed by atoms with Crippen LogP contribution in [0.2, 0.25) is 0 Å². The lowest BCUT2D eigenvalue weighted by molar-refractivity contribution is -0.132. The molecule has 266 valence electrons. The van der Waals surface area contributed by atoms with Gasteiger partial charge in [-0.3, -0.25) is 24.2 Å². The molecule has 3 atom stereocenters. The van der Waals surface area contributed by atoms with Crippen molar-refractivity contribution in [1.82, 2.24) is 26.2 Å². The third-order valence-electron chi connectivity index (χ3n) is 7.73. The quantitative estimate of drug-likeness (QED) is 0.0814. The van der Waals surface area contributed by atoms with Crippen LogP contribution < -0.4 is 27.0 Å². The number of unbranched alkanes of at least 4 members (excludes halogenated alkanes) is 1. The monoisotopic (exact) mass is 667 g/mol. The van der Waals surface area contributed by atoms with Crippen molar-refractivity contribution in [1.29, 1.82) is 0 Å². The van der Waals surface area contributed by atoms with E-state index in [1.807, 2.05) is 56.3 Å². The minimum atomic E-state index is -0.942. The van der Waals surface area contributed by atoms with Crippen LogP contribution >= 0.6 is 0 Å². The molecule has 0 fully saturated rings. The van der Waals surface area contributed by atoms with Crippen LogP contribution in [0.5, 0.6) is 0 Å². The molecule has 0 heterocycles. The Morgan fingerprint density at radius 1 is 0.812 bits per heavy atom. The Morgan fingerprint density at radius 3 is 2.12 bits per heavy atom. The molecule has 0 aliphatic heterocycles. The van der Waals surface area contributed by atoms with E-state index in [4.69, 9.17) is 5.73 Å². The molecule has 0 saturated heterocycles. The number of guanidine groups is 1. The van der Waals surface area contributed by atoms with E-state index in [1.54, 1.807) is 33.0 Å². The Morgan fingerprint density at radius 2 is 1.48 bits per heavy atom. The first-order valence-electron chi connectivity index (χ1n) is 16.9. The Hall–Kier alpha value is -4.32. The van der Waals surface area contributed by atoms with Gasteiger partial charge in [-0.1, -0.05) is 56.3 Å². The number of carbonyl (C=O) groups excluding carboxylic acids is 5. The molecule has 2 aromatic carbocycles. The first kappa shape index (κ1) is 41.7. The number of aliphatic imine (C=N–C) groups is 1. The van der Waals surface area contributed by atoms with Crippen LogP contribution in [0.15, 0.2) is 47.5 Å². The average Bonchev–Trinajstić information content (AvgIpc) is 3.06. The van der Waals surface area contributed by atoms with E-state index in [1.165, 1.54) is 6.92 Å². The van der Waals surface area contributed by atoms with Crippen LogP contribution in [0.1, 0.15) is 78.2 Å². The molecule has 0 saturated carbocycles. The Bertz CT molecular complexity index is 1360. The summed E-state index contributed by atoms with van der Waals surface area (Å²) in [5.74, 6) is -0.977. The van der Waals surface area contributed by atoms with Crippen LogP contribution in [-0.4, -0.2) is 92.5 Å². The van der Waals surface area contributed by atoms with Gasteiger partial charge in [-0.25, -0.2) is 0 Å². The van der Waals surface area contributed by atoms with E-state index in [2.05, 4.69) is 26.3 Å². The number of hydrogen-bond acceptors (Lipinski definition) is 7. The van der Waals surface area contributed by atoms with E-state index in [0.717, 1.165) is 22.8 Å². The van der Waals surface area contributed by atoms with Gasteiger partial charge in [0.05, 0.1) is 6.04 Å². The SMILES string of the molecule is CC.CNC(CCCCNC(=O)C(Cc1cccc2ccccc12)NC(=O)C(CCCN=C(N)N(C)C)NC(=O)CCC(C)=O)C(C)=O. The lowest BCUT2D eigenvalue weighted by Gasteiger charge is -2.24. The minimum Gasteiger partial charge on any atom is -0.370 e. The number of hydrogen-bond donors (Lipinski definition) is 5. The van der Waals surface area contributed by atoms with Gasteiger partial charge in [-0.05, 0) is 69.3 Å². The number of amides is 3. The molecule has 0 aromatic heterocycles. The van der Waals surface area contributed by atoms with E-state index in [0.29, 0.717) is 38.3 Å². The summed E-state index contributed by atoms with van der Waals surface area (Å²) in [6.45, 7) is 7.68. The lowest BCUT2D eigenvalue weighted by Crippen LogP contribution is -2.54. The van der Waals surface area contributed by atoms with Gasteiger partial charge in [0.1, 0.15) is 23.7 Å². The number of Topliss-reactive ketones (excluding diaryl/α,β-unsaturated/α-hetero) is 2. The lowest BCUT2D eigenvalue weighted by atomic mass is 9.98. The maximum absolute atomic E-state index is 13.7. The van der Waals surface area contributed by atoms with Gasteiger partial charge in [0.15, 0.2) is 5.96 Å². The topological polar surface area (TPSA) is 175 Å². The van der Waals surface area contributed by atoms with E-state index < -0.39 is 23.9 Å². The molecular weight excluding hydrogens is 610 g/mol. The second-order valence-electron chi connectivity index (χ2n) is 11.7. The van der Waals surface area contributed by atoms with E-state index in [-0.39, 0.29) is 49.2 Å². The number of fused-ring (bicyclic) bond motifs is 1. The van der Waals surface area contributed by atoms with Gasteiger partial charge in [0.25, 0.3) is 0 Å². The molecule has 3 unspecified atom stereocenters. The number of carbonyl (C=O) groups is 5. The Labute approximate surface area is 286 Å². The predicted octanol–water partition coefficient (Wildman–Crippen LogP) is 2.87. The minimum absolute atomic E-state index is 0.0389. The number of benzene rings is 2. The molecule has 12 heteroatoms. The molecule has 0 aliphatic rings. The van der Waals surface area contributed by atoms with Crippen LogP contribution in [0, 0.1) is 0 Å². The van der Waals surface area contributed by atoms with Crippen molar-refractivity contribution in [2.75, 3.05) is 34.2 Å². The third-order valence-corrected chi connectivity index (χ3v) is 7.73. The first-order valence-corrected chi connectivity index (χ1v) is 16.9. The van der Waals surface area contributed by atoms with Gasteiger partial charge in [-0.15, -0.1) is 0 Å². The zero-order valence-corrected chi connectivity index (χ0v) is 29.9. The molecule has 2 rings (SSSR count). The van der Waals surface area contributed by atoms with Crippen molar-refractivity contribution in [3.8, 4) is 0 Å². The van der Waals surface area contributed by atoms with Crippen LogP contribution in [0.25, 0.3) is 10.8 Å². The van der Waals surface area contributed by atoms with Gasteiger partial charge in [0, 0.05) is 46.4 Å². The van der Waals surface area contributed by atoms with Crippen molar-refractivity contribution >= 4 is 46.0 Å². The highest BCUT2D eigenvalue weighted by Crippen LogP contribution is 2.20. The fourth-order valence-corrected chi connectivity index (χ4v) is 4.99. The van der Waals surface area contributed by atoms with Crippen molar-refractivity contribution in [2.24, 2.45) is 10.7 Å². The number of nitrogens with zero attached hydrogens (tertiary/aromatic N) is 2. The van der Waals surface area contributed by atoms with E-state index in [9.17, 15) is 24.0 Å². The number of ketones is 2. The van der Waals surface area contributed by atoms with Crippen LogP contribution in [0.4, 0.5) is 0 Å². The van der Waals surface area contributed by atoms with Gasteiger partial charge in [0.2, 0.25) is 17.7 Å². The van der Waals surface area contributed by atoms with Crippen LogP contribution in [-0.2, 0) is 30.4 Å². The Kier molecular flexibility index (Phi) is 20.1. The highest BCUT2D eigenvalue weighted by molar-refractivity contribution is 5.93. The molecule has 2 aromatic rings. The second kappa shape index (κ2) is 23.1. The number of rotatable bonds is 20. The molecule has 0 bridgehead atoms. The predicted molar refractivity (Wildman–Crippen MR) is 193 cm³/mol. The molecule has 12 nitrogen and oxygen atoms in total. The summed E-state index contributed by atoms with van der Waals surface area (Å²) in [6.07, 6.45) is 3.03. The van der Waals surface area contributed by atoms with E-state index >= 15 is 0 Å². The fourth-order valence-electron chi connectivity index (χ4n) is 4.99. The zero-order valence-electron chi connectivity index (χ0n) is 29.9. The first-order chi connectivity index (χ1) is 22.9. The molecule has 48 heavy (non-hydrogen) atoms. The molecule has 0 spiro atoms. The summed E-state index contributed by atoms with van der Waals surface area (Å²) in [4.78, 5) is 69.0. The summed E-state index contributed by atoms with van der Waals surface area (Å²) in [5.41, 5.74) is 6.78. The van der Waals surface area contributed by atoms with Crippen molar-refractivity contribution < 1.29 is 24.0 Å². The zero-order chi connectivity index (χ0) is 36.1. The molecule has 6 N–H and O–H groups in total. The molecule has 0 radical (unpaired) electrons. The van der Waals surface area contributed by atoms with Crippen LogP contribution in [0.3, 0.4) is 0 Å². The van der Waals surface area contributed by atoms with Gasteiger partial charge >= 0.3 is 0 Å². The normalized spacial score (nSPS) is 12.9. The van der Waals surface area contributed by atoms with Gasteiger partial charge < -0.3 is 36.7 Å². The summed E-state index contributed by atoms with van der Waals surface area (Å²) < 4.78 is 0. The summed E-state index contributed by atoms with van der Waals surface area (Å²) in [6, 6.07) is 11.6. The Balaban J connectivity index is 0.00000565. The number of likely N-dealkylation sites (N-methyl/N-ethyl adjacent to an activating group) is 1. The van der Waals surface area contributed by atoms with Gasteiger partial charge in [-0.2, -0.15) is 0 Å². The highest BCUT2D eigenvalue weighted by atomic mass is 16.2. The van der Waals surface area contributed by atoms with Crippen molar-refractivity contribution in [3.05, 3.63) is 48.0 Å². The average molecular weight is 668 g/mol. The number of nitrogens with two attached hydrogens (primary N) is 1. The molecular formula is C36H57N7O5. The highest BCUT2D eigenvalue weighted by Gasteiger charge is 2.27. The summed E-state index contributed by atoms with van der Waals surface area (Å²) in [5, 5.41) is 13.6. The standard InChI is InChI=1S/C34H51N7O5.C2H6/c1-23(42)18-19-31(44)39-29(17-11-21-38-34(35)41(4)5)33(46)40-30(22-26-14-10-13-25-12-6-7-15-27(25)26)32(45)37-20-9-8-16-28(36-3)24(2)43;1-2/h6-7,10,12-15,28-30,36H,8-9,11,16-22H2,1-5H3,(H2,35,38)(H,37,45)(H,39,44)(H,40,46);1-2H3. The maximum atomic E-state index is 13.7. The third kappa shape index (κ3) is 15.5. The maximum Gasteiger partial charge on any atom is 0.243 e. The summed E-state index contributed by atoms with van der Waals surface area (Å²) >= 11 is 0. The number of nitrogens with one attached hydrogen (secondary N) is 4. The molecule has 0 aliphatic carbocycles. The van der Waals surface area contributed by atoms with Crippen molar-refractivity contribution in [2.45, 2.75) is 97.2 Å². The van der Waals surface area contributed by atoms with Crippen molar-refractivity contribution in [3.63, 3.8) is 0 Å².